The Bertz CT molecular complexity index is 539. The molecule has 0 bridgehead atoms. The maximum absolute atomic E-state index is 6.18. The van der Waals surface area contributed by atoms with E-state index in [-0.39, 0.29) is 0 Å². The van der Waals surface area contributed by atoms with Crippen LogP contribution in [0.3, 0.4) is 0 Å². The average Bonchev–Trinajstić information content (AvgIpc) is 2.48. The second-order valence-electron chi connectivity index (χ2n) is 4.78. The number of benzene rings is 2. The Morgan fingerprint density at radius 3 is 2.45 bits per heavy atom. The minimum Gasteiger partial charge on any atom is -0.310 e. The first-order chi connectivity index (χ1) is 9.70. The van der Waals surface area contributed by atoms with Gasteiger partial charge in [-0.2, -0.15) is 0 Å². The molecule has 20 heavy (non-hydrogen) atoms. The fourth-order valence-electron chi connectivity index (χ4n) is 1.96. The molecule has 0 aliphatic carbocycles. The highest BCUT2D eigenvalue weighted by molar-refractivity contribution is 7.99. The highest BCUT2D eigenvalue weighted by atomic mass is 35.5. The van der Waals surface area contributed by atoms with Crippen molar-refractivity contribution in [2.45, 2.75) is 36.1 Å². The van der Waals surface area contributed by atoms with Crippen molar-refractivity contribution in [2.24, 2.45) is 0 Å². The molecule has 2 rings (SSSR count). The monoisotopic (exact) mass is 305 g/mol. The Morgan fingerprint density at radius 1 is 1.10 bits per heavy atom. The van der Waals surface area contributed by atoms with Crippen molar-refractivity contribution in [1.82, 2.24) is 5.32 Å². The first kappa shape index (κ1) is 15.4. The molecule has 106 valence electrons. The minimum atomic E-state index is 0.398. The largest absolute Gasteiger partial charge is 0.310 e. The zero-order chi connectivity index (χ0) is 14.4. The van der Waals surface area contributed by atoms with Crippen LogP contribution in [0.15, 0.2) is 58.3 Å². The molecule has 2 aromatic carbocycles. The van der Waals surface area contributed by atoms with Crippen LogP contribution in [-0.4, -0.2) is 6.54 Å². The summed E-state index contributed by atoms with van der Waals surface area (Å²) in [4.78, 5) is 2.31. The highest BCUT2D eigenvalue weighted by Crippen LogP contribution is 2.33. The molecule has 0 fully saturated rings. The molecule has 0 saturated heterocycles. The van der Waals surface area contributed by atoms with Crippen molar-refractivity contribution >= 4 is 23.4 Å². The van der Waals surface area contributed by atoms with Gasteiger partial charge in [-0.1, -0.05) is 54.6 Å². The van der Waals surface area contributed by atoms with Gasteiger partial charge in [-0.15, -0.1) is 0 Å². The van der Waals surface area contributed by atoms with E-state index in [1.165, 1.54) is 10.5 Å². The average molecular weight is 306 g/mol. The maximum atomic E-state index is 6.18. The van der Waals surface area contributed by atoms with Crippen LogP contribution in [0, 0.1) is 0 Å². The molecule has 1 atom stereocenters. The topological polar surface area (TPSA) is 12.0 Å². The van der Waals surface area contributed by atoms with E-state index in [2.05, 4.69) is 43.4 Å². The van der Waals surface area contributed by atoms with Gasteiger partial charge in [0.1, 0.15) is 0 Å². The van der Waals surface area contributed by atoms with Crippen molar-refractivity contribution in [3.63, 3.8) is 0 Å². The van der Waals surface area contributed by atoms with Gasteiger partial charge in [0.2, 0.25) is 0 Å². The van der Waals surface area contributed by atoms with Crippen molar-refractivity contribution < 1.29 is 0 Å². The molecule has 0 radical (unpaired) electrons. The van der Waals surface area contributed by atoms with Crippen LogP contribution in [0.5, 0.6) is 0 Å². The fraction of sp³-hybridized carbons (Fsp3) is 0.294. The van der Waals surface area contributed by atoms with E-state index >= 15 is 0 Å². The van der Waals surface area contributed by atoms with Crippen LogP contribution in [0.4, 0.5) is 0 Å². The van der Waals surface area contributed by atoms with E-state index < -0.39 is 0 Å². The summed E-state index contributed by atoms with van der Waals surface area (Å²) < 4.78 is 0. The van der Waals surface area contributed by atoms with Crippen LogP contribution in [0.2, 0.25) is 5.02 Å². The van der Waals surface area contributed by atoms with Gasteiger partial charge >= 0.3 is 0 Å². The number of hydrogen-bond acceptors (Lipinski definition) is 2. The zero-order valence-corrected chi connectivity index (χ0v) is 13.5. The summed E-state index contributed by atoms with van der Waals surface area (Å²) in [6.07, 6.45) is 1.16. The smallest absolute Gasteiger partial charge is 0.0545 e. The first-order valence-electron chi connectivity index (χ1n) is 6.96. The fourth-order valence-corrected chi connectivity index (χ4v) is 3.05. The van der Waals surface area contributed by atoms with Crippen LogP contribution < -0.4 is 5.32 Å². The third-order valence-electron chi connectivity index (χ3n) is 3.15. The third kappa shape index (κ3) is 4.27. The molecular weight excluding hydrogens is 286 g/mol. The minimum absolute atomic E-state index is 0.398. The van der Waals surface area contributed by atoms with E-state index in [9.17, 15) is 0 Å². The molecule has 0 aliphatic rings. The van der Waals surface area contributed by atoms with Gasteiger partial charge in [-0.3, -0.25) is 0 Å². The molecule has 0 heterocycles. The summed E-state index contributed by atoms with van der Waals surface area (Å²) in [5, 5.41) is 4.30. The molecule has 1 nitrogen and oxygen atoms in total. The zero-order valence-electron chi connectivity index (χ0n) is 11.9. The Balaban J connectivity index is 2.03. The van der Waals surface area contributed by atoms with Crippen molar-refractivity contribution in [3.8, 4) is 0 Å². The summed E-state index contributed by atoms with van der Waals surface area (Å²) in [5.41, 5.74) is 1.32. The van der Waals surface area contributed by atoms with Gasteiger partial charge in [0.15, 0.2) is 0 Å². The van der Waals surface area contributed by atoms with E-state index in [4.69, 9.17) is 11.6 Å². The van der Waals surface area contributed by atoms with Gasteiger partial charge in [0.05, 0.1) is 5.02 Å². The first-order valence-corrected chi connectivity index (χ1v) is 8.16. The Labute approximate surface area is 130 Å². The lowest BCUT2D eigenvalue weighted by Gasteiger charge is -2.14. The van der Waals surface area contributed by atoms with Gasteiger partial charge in [-0.25, -0.2) is 0 Å². The lowest BCUT2D eigenvalue weighted by Crippen LogP contribution is -2.19. The third-order valence-corrected chi connectivity index (χ3v) is 4.67. The molecule has 2 aromatic rings. The second kappa shape index (κ2) is 7.72. The number of hydrogen-bond donors (Lipinski definition) is 1. The Kier molecular flexibility index (Phi) is 5.96. The van der Waals surface area contributed by atoms with Crippen LogP contribution in [0.25, 0.3) is 0 Å². The Hall–Kier alpha value is -0.960. The van der Waals surface area contributed by atoms with E-state index in [1.807, 2.05) is 24.3 Å². The molecule has 1 unspecified atom stereocenters. The van der Waals surface area contributed by atoms with Crippen molar-refractivity contribution in [1.29, 1.82) is 0 Å². The number of nitrogens with one attached hydrogen (secondary N) is 1. The quantitative estimate of drug-likeness (QED) is 0.750. The summed E-state index contributed by atoms with van der Waals surface area (Å²) in [5.74, 6) is 0. The van der Waals surface area contributed by atoms with Crippen LogP contribution in [-0.2, 0) is 0 Å². The van der Waals surface area contributed by atoms with Gasteiger partial charge in [-0.05, 0) is 49.7 Å². The van der Waals surface area contributed by atoms with Gasteiger partial charge in [0, 0.05) is 15.8 Å². The number of rotatable bonds is 6. The predicted molar refractivity (Wildman–Crippen MR) is 88.7 cm³/mol. The van der Waals surface area contributed by atoms with E-state index in [1.54, 1.807) is 11.8 Å². The molecule has 0 aliphatic heterocycles. The molecule has 1 N–H and O–H groups in total. The van der Waals surface area contributed by atoms with Gasteiger partial charge < -0.3 is 5.32 Å². The molecule has 0 saturated carbocycles. The van der Waals surface area contributed by atoms with E-state index in [0.717, 1.165) is 22.9 Å². The summed E-state index contributed by atoms with van der Waals surface area (Å²) in [6, 6.07) is 17.0. The second-order valence-corrected chi connectivity index (χ2v) is 6.30. The van der Waals surface area contributed by atoms with E-state index in [0.29, 0.717) is 6.04 Å². The van der Waals surface area contributed by atoms with Crippen LogP contribution >= 0.6 is 23.4 Å². The van der Waals surface area contributed by atoms with Crippen molar-refractivity contribution in [3.05, 3.63) is 59.1 Å². The summed E-state index contributed by atoms with van der Waals surface area (Å²) in [6.45, 7) is 5.44. The molecule has 3 heteroatoms. The van der Waals surface area contributed by atoms with Crippen LogP contribution in [0.1, 0.15) is 31.9 Å². The normalized spacial score (nSPS) is 12.3. The lowest BCUT2D eigenvalue weighted by molar-refractivity contribution is 0.570. The molecule has 0 amide bonds. The van der Waals surface area contributed by atoms with Gasteiger partial charge in [0.25, 0.3) is 0 Å². The van der Waals surface area contributed by atoms with Crippen molar-refractivity contribution in [2.75, 3.05) is 6.54 Å². The maximum Gasteiger partial charge on any atom is 0.0545 e. The summed E-state index contributed by atoms with van der Waals surface area (Å²) >= 11 is 7.88. The highest BCUT2D eigenvalue weighted by Gasteiger charge is 2.05. The molecular formula is C17H20ClNS. The lowest BCUT2D eigenvalue weighted by atomic mass is 10.1. The number of halogens is 1. The molecule has 0 aromatic heterocycles. The SMILES string of the molecule is CCCNC(C)c1ccc(Sc2ccccc2Cl)cc1. The standard InChI is InChI=1S/C17H20ClNS/c1-3-12-19-13(2)14-8-10-15(11-9-14)20-17-7-5-4-6-16(17)18/h4-11,13,19H,3,12H2,1-2H3. The summed E-state index contributed by atoms with van der Waals surface area (Å²) in [7, 11) is 0. The Morgan fingerprint density at radius 2 is 1.80 bits per heavy atom. The predicted octanol–water partition coefficient (Wildman–Crippen LogP) is 5.55. The molecule has 0 spiro atoms.